The molecule has 2 N–H and O–H groups in total. The Kier molecular flexibility index (Phi) is 11.1. The summed E-state index contributed by atoms with van der Waals surface area (Å²) in [5, 5.41) is 5.97. The van der Waals surface area contributed by atoms with Crippen LogP contribution in [-0.2, 0) is 29.1 Å². The summed E-state index contributed by atoms with van der Waals surface area (Å²) in [6.45, 7) is 12.7. The molecule has 15 heteroatoms. The maximum Gasteiger partial charge on any atom is 0.259 e. The van der Waals surface area contributed by atoms with Gasteiger partial charge in [0.05, 0.1) is 29.0 Å². The zero-order valence-electron chi connectivity index (χ0n) is 31.8. The van der Waals surface area contributed by atoms with Crippen molar-refractivity contribution in [2.24, 2.45) is 35.5 Å². The first-order chi connectivity index (χ1) is 26.2. The Morgan fingerprint density at radius 3 is 2.51 bits per heavy atom. The number of hydrogen-bond acceptors (Lipinski definition) is 11. The molecule has 2 amide bonds. The third kappa shape index (κ3) is 7.63. The molecule has 2 unspecified atom stereocenters. The van der Waals surface area contributed by atoms with Gasteiger partial charge in [0.25, 0.3) is 5.91 Å². The van der Waals surface area contributed by atoms with E-state index in [-0.39, 0.29) is 42.3 Å². The largest absolute Gasteiger partial charge is 0.490 e. The molecule has 0 bridgehead atoms. The quantitative estimate of drug-likeness (QED) is 0.129. The highest BCUT2D eigenvalue weighted by Gasteiger charge is 2.63. The van der Waals surface area contributed by atoms with Gasteiger partial charge in [-0.15, -0.1) is 17.9 Å². The van der Waals surface area contributed by atoms with Gasteiger partial charge in [-0.25, -0.2) is 18.4 Å². The highest BCUT2D eigenvalue weighted by molar-refractivity contribution is 7.91. The Labute approximate surface area is 331 Å². The Morgan fingerprint density at radius 1 is 1.11 bits per heavy atom. The first-order valence-electron chi connectivity index (χ1n) is 19.1. The van der Waals surface area contributed by atoms with Crippen LogP contribution in [-0.4, -0.2) is 73.2 Å². The van der Waals surface area contributed by atoms with E-state index in [9.17, 15) is 22.8 Å². The van der Waals surface area contributed by atoms with Gasteiger partial charge in [0, 0.05) is 47.6 Å². The minimum atomic E-state index is -3.85. The number of nitrogens with one attached hydrogen (secondary N) is 2. The number of aromatic nitrogens is 2. The lowest BCUT2D eigenvalue weighted by Gasteiger charge is -2.36. The highest BCUT2D eigenvalue weighted by atomic mass is 35.5. The average molecular weight is 813 g/mol. The van der Waals surface area contributed by atoms with E-state index in [4.69, 9.17) is 35.8 Å². The molecule has 4 saturated carbocycles. The Hall–Kier alpha value is -3.59. The molecule has 7 rings (SSSR count). The fraction of sp³-hybridized carbons (Fsp3) is 0.575. The predicted octanol–water partition coefficient (Wildman–Crippen LogP) is 6.46. The zero-order chi connectivity index (χ0) is 39.4. The topological polar surface area (TPSA) is 163 Å². The number of rotatable bonds is 15. The molecule has 0 saturated heterocycles. The van der Waals surface area contributed by atoms with Crippen LogP contribution in [0.3, 0.4) is 0 Å². The van der Waals surface area contributed by atoms with Crippen molar-refractivity contribution in [1.82, 2.24) is 20.0 Å². The number of pyridine rings is 1. The normalized spacial score (nSPS) is 27.6. The Morgan fingerprint density at radius 2 is 1.87 bits per heavy atom. The first kappa shape index (κ1) is 39.6. The van der Waals surface area contributed by atoms with E-state index in [0.717, 1.165) is 5.69 Å². The lowest BCUT2D eigenvalue weighted by Crippen LogP contribution is -2.54. The van der Waals surface area contributed by atoms with Crippen LogP contribution in [0.25, 0.3) is 21.6 Å². The number of nitrogens with zero attached hydrogens (tertiary/aromatic N) is 2. The van der Waals surface area contributed by atoms with Crippen molar-refractivity contribution in [3.63, 3.8) is 0 Å². The molecule has 0 radical (unpaired) electrons. The molecule has 3 aromatic rings. The van der Waals surface area contributed by atoms with E-state index in [1.54, 1.807) is 19.3 Å². The van der Waals surface area contributed by atoms with Gasteiger partial charge in [-0.1, -0.05) is 45.4 Å². The summed E-state index contributed by atoms with van der Waals surface area (Å²) in [5.41, 5.74) is 0.512. The van der Waals surface area contributed by atoms with Crippen molar-refractivity contribution in [1.29, 1.82) is 0 Å². The predicted molar refractivity (Wildman–Crippen MR) is 211 cm³/mol. The maximum atomic E-state index is 14.4. The van der Waals surface area contributed by atoms with Gasteiger partial charge < -0.3 is 19.5 Å². The summed E-state index contributed by atoms with van der Waals surface area (Å²) in [4.78, 5) is 52.0. The summed E-state index contributed by atoms with van der Waals surface area (Å²) in [6.07, 6.45) is 3.78. The van der Waals surface area contributed by atoms with E-state index in [1.165, 1.54) is 11.3 Å². The standard InChI is InChI=1S/C40H49ClN4O8S2/c1-7-22-18-40(22,39(48)45-55(49,50)23-8-9-23)44-37(47)27-16-31(25-11-10-24(20(2)3)36(46)33(25)27)53-32-17-28(38-43-29(19-54-38)21(4)5)42-35-26(32)12-13-30(34(35)41)52-15-14-51-6/h7,12-13,17,19-25,27,31,33H,1,8-11,14-16,18H2,2-6H3,(H,44,47)(H,45,48)/t22-,24-,25-,27-,31?,33?,40-/m1/s1. The summed E-state index contributed by atoms with van der Waals surface area (Å²) in [7, 11) is -2.26. The average Bonchev–Trinajstić information content (AvgIpc) is 4.03. The third-order valence-corrected chi connectivity index (χ3v) is 14.8. The van der Waals surface area contributed by atoms with E-state index < -0.39 is 56.5 Å². The lowest BCUT2D eigenvalue weighted by atomic mass is 9.68. The number of ketones is 1. The number of sulfonamides is 1. The van der Waals surface area contributed by atoms with Gasteiger partial charge in [-0.2, -0.15) is 0 Å². The number of methoxy groups -OCH3 is 1. The monoisotopic (exact) mass is 812 g/mol. The molecule has 55 heavy (non-hydrogen) atoms. The number of benzene rings is 1. The smallest absolute Gasteiger partial charge is 0.259 e. The number of carbonyl (C=O) groups excluding carboxylic acids is 3. The van der Waals surface area contributed by atoms with Crippen LogP contribution >= 0.6 is 22.9 Å². The number of fused-ring (bicyclic) bond motifs is 2. The van der Waals surface area contributed by atoms with Gasteiger partial charge in [0.1, 0.15) is 51.3 Å². The Bertz CT molecular complexity index is 2120. The van der Waals surface area contributed by atoms with E-state index >= 15 is 0 Å². The van der Waals surface area contributed by atoms with Gasteiger partial charge in [0.15, 0.2) is 0 Å². The highest BCUT2D eigenvalue weighted by Crippen LogP contribution is 2.51. The minimum Gasteiger partial charge on any atom is -0.490 e. The molecule has 296 valence electrons. The third-order valence-electron chi connectivity index (χ3n) is 11.8. The van der Waals surface area contributed by atoms with Crippen molar-refractivity contribution in [3.8, 4) is 22.2 Å². The number of carbonyl (C=O) groups is 3. The minimum absolute atomic E-state index is 0.0218. The lowest BCUT2D eigenvalue weighted by molar-refractivity contribution is -0.140. The second-order valence-electron chi connectivity index (χ2n) is 16.1. The summed E-state index contributed by atoms with van der Waals surface area (Å²) < 4.78 is 45.7. The van der Waals surface area contributed by atoms with Crippen LogP contribution in [0.4, 0.5) is 0 Å². The number of ether oxygens (including phenoxy) is 3. The van der Waals surface area contributed by atoms with Crippen LogP contribution in [0.1, 0.15) is 77.8 Å². The van der Waals surface area contributed by atoms with Gasteiger partial charge in [-0.3, -0.25) is 19.1 Å². The molecule has 2 aromatic heterocycles. The van der Waals surface area contributed by atoms with Crippen molar-refractivity contribution < 1.29 is 37.0 Å². The summed E-state index contributed by atoms with van der Waals surface area (Å²) >= 11 is 8.44. The van der Waals surface area contributed by atoms with Crippen molar-refractivity contribution in [2.45, 2.75) is 89.0 Å². The molecule has 0 spiro atoms. The van der Waals surface area contributed by atoms with Gasteiger partial charge in [-0.05, 0) is 62.5 Å². The van der Waals surface area contributed by atoms with Crippen molar-refractivity contribution in [2.75, 3.05) is 20.3 Å². The summed E-state index contributed by atoms with van der Waals surface area (Å²) in [6, 6.07) is 5.45. The fourth-order valence-corrected chi connectivity index (χ4v) is 10.9. The second-order valence-corrected chi connectivity index (χ2v) is 19.3. The maximum absolute atomic E-state index is 14.4. The Balaban J connectivity index is 1.23. The van der Waals surface area contributed by atoms with Crippen LogP contribution in [0.5, 0.6) is 11.5 Å². The van der Waals surface area contributed by atoms with Crippen LogP contribution in [0.2, 0.25) is 5.02 Å². The molecule has 4 aliphatic rings. The van der Waals surface area contributed by atoms with E-state index in [1.807, 2.05) is 31.4 Å². The molecular formula is C40H49ClN4O8S2. The van der Waals surface area contributed by atoms with Gasteiger partial charge >= 0.3 is 0 Å². The number of Topliss-reactive ketones (excluding diaryl/α,β-unsaturated/α-hetero) is 1. The number of amides is 2. The SMILES string of the molecule is C=C[C@@H]1C[C@]1(NC(=O)[C@@H]1CC(Oc2cc(-c3nc(C(C)C)cs3)nc3c(Cl)c(OCCOC)ccc23)[C@H]2CC[C@H](C(C)C)C(=O)C21)C(=O)NS(=O)(=O)C1CC1. The molecule has 4 fully saturated rings. The van der Waals surface area contributed by atoms with Crippen LogP contribution in [0.15, 0.2) is 36.2 Å². The van der Waals surface area contributed by atoms with Crippen LogP contribution in [0, 0.1) is 35.5 Å². The zero-order valence-corrected chi connectivity index (χ0v) is 34.2. The molecule has 2 heterocycles. The number of thiazole rings is 1. The van der Waals surface area contributed by atoms with Crippen molar-refractivity contribution in [3.05, 3.63) is 47.0 Å². The number of halogens is 1. The van der Waals surface area contributed by atoms with Crippen molar-refractivity contribution >= 4 is 61.5 Å². The molecule has 7 atom stereocenters. The van der Waals surface area contributed by atoms with Crippen LogP contribution < -0.4 is 19.5 Å². The molecule has 4 aliphatic carbocycles. The van der Waals surface area contributed by atoms with Gasteiger partial charge in [0.2, 0.25) is 15.9 Å². The number of hydrogen-bond donors (Lipinski definition) is 2. The first-order valence-corrected chi connectivity index (χ1v) is 21.9. The molecular weight excluding hydrogens is 764 g/mol. The second kappa shape index (κ2) is 15.4. The molecule has 12 nitrogen and oxygen atoms in total. The summed E-state index contributed by atoms with van der Waals surface area (Å²) in [5.74, 6) is -2.37. The molecule has 1 aromatic carbocycles. The fourth-order valence-electron chi connectivity index (χ4n) is 8.33. The van der Waals surface area contributed by atoms with E-state index in [2.05, 4.69) is 30.5 Å². The molecule has 0 aliphatic heterocycles. The van der Waals surface area contributed by atoms with E-state index in [0.29, 0.717) is 77.0 Å².